The van der Waals surface area contributed by atoms with Gasteiger partial charge < -0.3 is 0 Å². The molecule has 1 aromatic rings. The molecule has 0 fully saturated rings. The lowest BCUT2D eigenvalue weighted by Crippen LogP contribution is -2.33. The van der Waals surface area contributed by atoms with Gasteiger partial charge in [-0.15, -0.1) is 23.7 Å². The zero-order valence-corrected chi connectivity index (χ0v) is 13.0. The molecule has 7 heteroatoms. The van der Waals surface area contributed by atoms with Crippen LogP contribution in [0.3, 0.4) is 0 Å². The maximum absolute atomic E-state index is 12.0. The van der Waals surface area contributed by atoms with Crippen LogP contribution in [-0.2, 0) is 10.0 Å². The quantitative estimate of drug-likeness (QED) is 0.823. The van der Waals surface area contributed by atoms with Gasteiger partial charge in [0, 0.05) is 12.5 Å². The van der Waals surface area contributed by atoms with E-state index in [1.807, 2.05) is 6.92 Å². The summed E-state index contributed by atoms with van der Waals surface area (Å²) in [6.07, 6.45) is 6.19. The summed E-state index contributed by atoms with van der Waals surface area (Å²) >= 11 is 10.1. The molecule has 0 aliphatic carbocycles. The summed E-state index contributed by atoms with van der Waals surface area (Å²) in [5.74, 6) is 2.45. The molecule has 1 atom stereocenters. The molecule has 0 aliphatic rings. The maximum atomic E-state index is 12.0. The van der Waals surface area contributed by atoms with Gasteiger partial charge in [-0.3, -0.25) is 0 Å². The monoisotopic (exact) mass is 355 g/mol. The van der Waals surface area contributed by atoms with Crippen LogP contribution in [0.1, 0.15) is 19.8 Å². The van der Waals surface area contributed by atoms with Crippen LogP contribution >= 0.6 is 38.9 Å². The van der Waals surface area contributed by atoms with E-state index in [0.29, 0.717) is 21.7 Å². The second-order valence-corrected chi connectivity index (χ2v) is 8.04. The first-order chi connectivity index (χ1) is 7.90. The van der Waals surface area contributed by atoms with E-state index in [4.69, 9.17) is 18.0 Å². The van der Waals surface area contributed by atoms with Crippen LogP contribution < -0.4 is 4.72 Å². The molecule has 17 heavy (non-hydrogen) atoms. The lowest BCUT2D eigenvalue weighted by Gasteiger charge is -2.13. The summed E-state index contributed by atoms with van der Waals surface area (Å²) in [5, 5.41) is 0.389. The highest BCUT2D eigenvalue weighted by Gasteiger charge is 2.21. The average molecular weight is 357 g/mol. The largest absolute Gasteiger partial charge is 0.250 e. The zero-order valence-electron chi connectivity index (χ0n) is 9.04. The molecule has 0 saturated carbocycles. The number of terminal acetylenes is 1. The topological polar surface area (TPSA) is 46.2 Å². The number of nitrogens with one attached hydrogen (secondary N) is 1. The Kier molecular flexibility index (Phi) is 5.48. The van der Waals surface area contributed by atoms with E-state index >= 15 is 0 Å². The van der Waals surface area contributed by atoms with E-state index in [0.717, 1.165) is 11.3 Å². The van der Waals surface area contributed by atoms with Crippen molar-refractivity contribution in [2.24, 2.45) is 0 Å². The lowest BCUT2D eigenvalue weighted by molar-refractivity contribution is 0.546. The first-order valence-corrected chi connectivity index (χ1v) is 8.28. The van der Waals surface area contributed by atoms with E-state index in [1.165, 1.54) is 6.07 Å². The molecular weight excluding hydrogens is 346 g/mol. The molecule has 1 aromatic heterocycles. The predicted octanol–water partition coefficient (Wildman–Crippen LogP) is 3.24. The van der Waals surface area contributed by atoms with E-state index in [9.17, 15) is 8.42 Å². The van der Waals surface area contributed by atoms with Crippen LogP contribution in [0.15, 0.2) is 14.1 Å². The van der Waals surface area contributed by atoms with Crippen LogP contribution in [0, 0.1) is 12.3 Å². The lowest BCUT2D eigenvalue weighted by atomic mass is 10.2. The standard InChI is InChI=1S/C10H11BrClNO2S2/c1-3-5-7(4-2)13-17(14,15)9-6-8(12)10(11)16-9/h1,6-7,13H,4-5H2,2H3. The summed E-state index contributed by atoms with van der Waals surface area (Å²) in [4.78, 5) is 0. The SMILES string of the molecule is C#CCC(CC)NS(=O)(=O)c1cc(Cl)c(Br)s1. The summed E-state index contributed by atoms with van der Waals surface area (Å²) in [6.45, 7) is 1.88. The highest BCUT2D eigenvalue weighted by molar-refractivity contribution is 9.11. The number of sulfonamides is 1. The molecule has 0 bridgehead atoms. The molecule has 1 unspecified atom stereocenters. The Morgan fingerprint density at radius 3 is 2.76 bits per heavy atom. The Labute approximate surface area is 119 Å². The first kappa shape index (κ1) is 15.0. The van der Waals surface area contributed by atoms with Gasteiger partial charge in [-0.05, 0) is 28.4 Å². The molecule has 1 N–H and O–H groups in total. The molecule has 1 heterocycles. The molecular formula is C10H11BrClNO2S2. The van der Waals surface area contributed by atoms with Crippen molar-refractivity contribution in [3.05, 3.63) is 14.9 Å². The molecule has 0 radical (unpaired) electrons. The number of rotatable bonds is 5. The van der Waals surface area contributed by atoms with Gasteiger partial charge in [0.15, 0.2) is 0 Å². The fourth-order valence-electron chi connectivity index (χ4n) is 1.15. The van der Waals surface area contributed by atoms with Gasteiger partial charge in [-0.25, -0.2) is 13.1 Å². The van der Waals surface area contributed by atoms with Gasteiger partial charge in [-0.2, -0.15) is 0 Å². The van der Waals surface area contributed by atoms with Crippen molar-refractivity contribution in [2.75, 3.05) is 0 Å². The Morgan fingerprint density at radius 1 is 1.71 bits per heavy atom. The molecule has 0 spiro atoms. The molecule has 3 nitrogen and oxygen atoms in total. The van der Waals surface area contributed by atoms with E-state index in [1.54, 1.807) is 0 Å². The Hall–Kier alpha value is -0.0600. The third-order valence-corrected chi connectivity index (χ3v) is 6.54. The normalized spacial score (nSPS) is 13.3. The second-order valence-electron chi connectivity index (χ2n) is 3.32. The van der Waals surface area contributed by atoms with Gasteiger partial charge in [-0.1, -0.05) is 18.5 Å². The predicted molar refractivity (Wildman–Crippen MR) is 74.9 cm³/mol. The highest BCUT2D eigenvalue weighted by atomic mass is 79.9. The molecule has 0 aromatic carbocycles. The first-order valence-electron chi connectivity index (χ1n) is 4.81. The van der Waals surface area contributed by atoms with Crippen molar-refractivity contribution in [1.82, 2.24) is 4.72 Å². The fraction of sp³-hybridized carbons (Fsp3) is 0.400. The Balaban J connectivity index is 2.92. The summed E-state index contributed by atoms with van der Waals surface area (Å²) in [7, 11) is -3.54. The van der Waals surface area contributed by atoms with Crippen molar-refractivity contribution >= 4 is 48.9 Å². The van der Waals surface area contributed by atoms with E-state index in [2.05, 4.69) is 26.6 Å². The maximum Gasteiger partial charge on any atom is 0.250 e. The van der Waals surface area contributed by atoms with Gasteiger partial charge in [0.2, 0.25) is 10.0 Å². The summed E-state index contributed by atoms with van der Waals surface area (Å²) in [6, 6.07) is 1.17. The van der Waals surface area contributed by atoms with E-state index in [-0.39, 0.29) is 10.3 Å². The van der Waals surface area contributed by atoms with Crippen molar-refractivity contribution in [3.63, 3.8) is 0 Å². The molecule has 0 aliphatic heterocycles. The van der Waals surface area contributed by atoms with Gasteiger partial charge in [0.05, 0.1) is 8.81 Å². The van der Waals surface area contributed by atoms with Crippen LogP contribution in [0.4, 0.5) is 0 Å². The average Bonchev–Trinajstić information content (AvgIpc) is 2.59. The smallest absolute Gasteiger partial charge is 0.206 e. The summed E-state index contributed by atoms with van der Waals surface area (Å²) in [5.41, 5.74) is 0. The number of hydrogen-bond acceptors (Lipinski definition) is 3. The third-order valence-electron chi connectivity index (χ3n) is 2.07. The second kappa shape index (κ2) is 6.21. The van der Waals surface area contributed by atoms with Crippen LogP contribution in [0.25, 0.3) is 0 Å². The zero-order chi connectivity index (χ0) is 13.1. The van der Waals surface area contributed by atoms with Crippen molar-refractivity contribution in [2.45, 2.75) is 30.0 Å². The van der Waals surface area contributed by atoms with Crippen molar-refractivity contribution in [3.8, 4) is 12.3 Å². The van der Waals surface area contributed by atoms with Gasteiger partial charge in [0.1, 0.15) is 4.21 Å². The number of halogens is 2. The molecule has 94 valence electrons. The van der Waals surface area contributed by atoms with Crippen LogP contribution in [-0.4, -0.2) is 14.5 Å². The molecule has 1 rings (SSSR count). The minimum Gasteiger partial charge on any atom is -0.206 e. The Morgan fingerprint density at radius 2 is 2.35 bits per heavy atom. The van der Waals surface area contributed by atoms with Gasteiger partial charge in [0.25, 0.3) is 0 Å². The molecule has 0 amide bonds. The molecule has 0 saturated heterocycles. The van der Waals surface area contributed by atoms with Crippen molar-refractivity contribution < 1.29 is 8.42 Å². The van der Waals surface area contributed by atoms with Gasteiger partial charge >= 0.3 is 0 Å². The van der Waals surface area contributed by atoms with Crippen LogP contribution in [0.2, 0.25) is 5.02 Å². The number of hydrogen-bond donors (Lipinski definition) is 1. The van der Waals surface area contributed by atoms with E-state index < -0.39 is 10.0 Å². The highest BCUT2D eigenvalue weighted by Crippen LogP contribution is 2.34. The van der Waals surface area contributed by atoms with Crippen LogP contribution in [0.5, 0.6) is 0 Å². The number of thiophene rings is 1. The van der Waals surface area contributed by atoms with Crippen molar-refractivity contribution in [1.29, 1.82) is 0 Å². The Bertz CT molecular complexity index is 513. The fourth-order valence-corrected chi connectivity index (χ4v) is 4.88. The summed E-state index contributed by atoms with van der Waals surface area (Å²) < 4.78 is 27.3. The third kappa shape index (κ3) is 3.97. The minimum absolute atomic E-state index is 0.185. The minimum atomic E-state index is -3.54.